The summed E-state index contributed by atoms with van der Waals surface area (Å²) < 4.78 is 16.0. The number of carboxylic acids is 1. The Morgan fingerprint density at radius 2 is 0.945 bits per heavy atom. The highest BCUT2D eigenvalue weighted by Gasteiger charge is 2.27. The van der Waals surface area contributed by atoms with Crippen LogP contribution in [0.5, 0.6) is 0 Å². The molecular weight excluding hydrogens is 1210 g/mol. The number of carboxylic acid groups (broad SMARTS) is 1. The number of carbonyl (C=O) groups is 3. The quantitative estimate of drug-likeness (QED) is 0.0456. The van der Waals surface area contributed by atoms with Crippen LogP contribution in [0, 0.1) is 17.8 Å². The largest absolute Gasteiger partial charge is 0.480 e. The van der Waals surface area contributed by atoms with Crippen LogP contribution in [-0.4, -0.2) is 142 Å². The number of fused-ring (bicyclic) bond motifs is 3. The molecule has 9 aromatic rings. The number of amides is 1. The molecule has 6 aromatic carbocycles. The SMILES string of the molecule is CC1CCN(c2cccc3nn(C(Cc4ccccc4)C(=O)NO)cc23)CC1.CC1CCN(c2cccc3nn(C(Cc4ccccc4)C(=O)O)cc23)CC1.CC1CCNCC1.CN1CCOCC1.COC(=O)C(Cc1ccccc1)n1cc2c(Br)cccc2n1. The third-order valence-electron chi connectivity index (χ3n) is 17.7. The van der Waals surface area contributed by atoms with Crippen LogP contribution in [0.1, 0.15) is 94.1 Å². The van der Waals surface area contributed by atoms with Crippen molar-refractivity contribution in [3.63, 3.8) is 0 Å². The molecule has 4 aliphatic rings. The van der Waals surface area contributed by atoms with Gasteiger partial charge < -0.3 is 34.6 Å². The highest BCUT2D eigenvalue weighted by Crippen LogP contribution is 2.34. The van der Waals surface area contributed by atoms with Gasteiger partial charge >= 0.3 is 11.9 Å². The smallest absolute Gasteiger partial charge is 0.331 e. The highest BCUT2D eigenvalue weighted by molar-refractivity contribution is 9.10. The number of aliphatic carboxylic acids is 1. The van der Waals surface area contributed by atoms with Gasteiger partial charge in [0.15, 0.2) is 12.1 Å². The number of benzene rings is 6. The van der Waals surface area contributed by atoms with E-state index in [9.17, 15) is 24.7 Å². The van der Waals surface area contributed by atoms with Gasteiger partial charge in [-0.1, -0.05) is 146 Å². The number of nitrogens with one attached hydrogen (secondary N) is 2. The normalized spacial score (nSPS) is 16.8. The van der Waals surface area contributed by atoms with Gasteiger partial charge in [-0.05, 0) is 130 Å². The lowest BCUT2D eigenvalue weighted by atomic mass is 9.98. The van der Waals surface area contributed by atoms with Crippen LogP contribution in [0.3, 0.4) is 0 Å². The molecule has 91 heavy (non-hydrogen) atoms. The van der Waals surface area contributed by atoms with Gasteiger partial charge in [0.2, 0.25) is 0 Å². The van der Waals surface area contributed by atoms with Gasteiger partial charge in [-0.2, -0.15) is 15.3 Å². The van der Waals surface area contributed by atoms with Crippen molar-refractivity contribution in [2.24, 2.45) is 17.8 Å². The molecule has 0 saturated carbocycles. The van der Waals surface area contributed by atoms with Crippen LogP contribution in [0.25, 0.3) is 32.7 Å². The molecule has 3 unspecified atom stereocenters. The Morgan fingerprint density at radius 3 is 1.34 bits per heavy atom. The van der Waals surface area contributed by atoms with Gasteiger partial charge in [0, 0.05) is 109 Å². The van der Waals surface area contributed by atoms with Crippen LogP contribution >= 0.6 is 15.9 Å². The molecule has 1 amide bonds. The lowest BCUT2D eigenvalue weighted by Gasteiger charge is -2.32. The first-order valence-electron chi connectivity index (χ1n) is 32.2. The highest BCUT2D eigenvalue weighted by atomic mass is 79.9. The second-order valence-electron chi connectivity index (χ2n) is 24.6. The average molecular weight is 1300 g/mol. The number of hydroxylamine groups is 1. The number of aromatic nitrogens is 6. The van der Waals surface area contributed by atoms with Crippen molar-refractivity contribution in [2.75, 3.05) is 89.5 Å². The number of anilines is 2. The number of hydrogen-bond donors (Lipinski definition) is 4. The summed E-state index contributed by atoms with van der Waals surface area (Å²) in [5.74, 6) is 0.881. The minimum atomic E-state index is -0.861. The number of morpholine rings is 1. The molecule has 7 heterocycles. The number of nitrogens with zero attached hydrogens (tertiary/aromatic N) is 9. The summed E-state index contributed by atoms with van der Waals surface area (Å²) in [6, 6.07) is 45.6. The predicted octanol–water partition coefficient (Wildman–Crippen LogP) is 12.4. The first-order chi connectivity index (χ1) is 44.2. The number of rotatable bonds is 14. The molecule has 4 N–H and O–H groups in total. The maximum absolute atomic E-state index is 12.4. The molecule has 4 aliphatic heterocycles. The maximum atomic E-state index is 12.4. The molecule has 18 nitrogen and oxygen atoms in total. The van der Waals surface area contributed by atoms with Crippen LogP contribution < -0.4 is 20.6 Å². The van der Waals surface area contributed by atoms with E-state index >= 15 is 0 Å². The Kier molecular flexibility index (Phi) is 25.2. The molecule has 482 valence electrons. The summed E-state index contributed by atoms with van der Waals surface area (Å²) in [5.41, 5.74) is 9.76. The monoisotopic (exact) mass is 1300 g/mol. The summed E-state index contributed by atoms with van der Waals surface area (Å²) in [5, 5.41) is 39.2. The number of halogens is 1. The topological polar surface area (TPSA) is 197 Å². The van der Waals surface area contributed by atoms with Crippen molar-refractivity contribution < 1.29 is 34.2 Å². The van der Waals surface area contributed by atoms with E-state index < -0.39 is 30.0 Å². The van der Waals surface area contributed by atoms with Gasteiger partial charge in [-0.3, -0.25) is 24.0 Å². The number of ether oxygens (including phenoxy) is 2. The molecule has 0 radical (unpaired) electrons. The van der Waals surface area contributed by atoms with Crippen molar-refractivity contribution in [3.8, 4) is 0 Å². The van der Waals surface area contributed by atoms with E-state index in [0.29, 0.717) is 19.3 Å². The first-order valence-corrected chi connectivity index (χ1v) is 33.0. The fourth-order valence-corrected chi connectivity index (χ4v) is 12.3. The fraction of sp³-hybridized carbons (Fsp3) is 0.417. The van der Waals surface area contributed by atoms with E-state index in [-0.39, 0.29) is 5.97 Å². The summed E-state index contributed by atoms with van der Waals surface area (Å²) in [4.78, 5) is 43.6. The molecule has 3 aromatic heterocycles. The molecule has 19 heteroatoms. The van der Waals surface area contributed by atoms with Crippen LogP contribution in [-0.2, 0) is 43.1 Å². The van der Waals surface area contributed by atoms with Gasteiger partial charge in [0.25, 0.3) is 5.91 Å². The molecule has 0 spiro atoms. The number of likely N-dealkylation sites (N-methyl/N-ethyl adjacent to an activating group) is 1. The summed E-state index contributed by atoms with van der Waals surface area (Å²) >= 11 is 3.51. The van der Waals surface area contributed by atoms with Gasteiger partial charge in [-0.15, -0.1) is 0 Å². The summed E-state index contributed by atoms with van der Waals surface area (Å²) in [7, 11) is 3.52. The Balaban J connectivity index is 0.000000146. The fourth-order valence-electron chi connectivity index (χ4n) is 11.9. The zero-order valence-corrected chi connectivity index (χ0v) is 54.9. The Morgan fingerprint density at radius 1 is 0.549 bits per heavy atom. The number of hydrogen-bond acceptors (Lipinski definition) is 13. The predicted molar refractivity (Wildman–Crippen MR) is 365 cm³/mol. The minimum absolute atomic E-state index is 0.298. The summed E-state index contributed by atoms with van der Waals surface area (Å²) in [6.07, 6.45) is 14.6. The molecule has 0 aliphatic carbocycles. The van der Waals surface area contributed by atoms with Gasteiger partial charge in [-0.25, -0.2) is 15.1 Å². The van der Waals surface area contributed by atoms with Crippen molar-refractivity contribution in [3.05, 3.63) is 185 Å². The molecule has 4 saturated heterocycles. The average Bonchev–Trinajstić information content (AvgIpc) is 1.72. The number of esters is 1. The maximum Gasteiger partial charge on any atom is 0.331 e. The van der Waals surface area contributed by atoms with Crippen molar-refractivity contribution in [1.29, 1.82) is 0 Å². The van der Waals surface area contributed by atoms with E-state index in [1.807, 2.05) is 152 Å². The van der Waals surface area contributed by atoms with Gasteiger partial charge in [0.05, 0.1) is 36.9 Å². The summed E-state index contributed by atoms with van der Waals surface area (Å²) in [6.45, 7) is 17.6. The molecule has 3 atom stereocenters. The van der Waals surface area contributed by atoms with Crippen molar-refractivity contribution in [2.45, 2.75) is 96.7 Å². The second kappa shape index (κ2) is 33.9. The Hall–Kier alpha value is -7.94. The lowest BCUT2D eigenvalue weighted by molar-refractivity contribution is -0.145. The standard InChI is InChI=1S/C22H26N4O2.C22H25N3O2.C17H15BrN2O2.C6H13N.C5H11NO/c1-16-10-12-25(13-11-16)20-9-5-8-19-18(20)15-26(23-19)21(22(27)24-28)14-17-6-3-2-4-7-17;1-16-10-12-24(13-11-16)20-9-5-8-19-18(20)15-25(23-19)21(22(26)27)14-17-6-3-2-4-7-17;1-22-17(21)16(10-12-6-3-2-4-7-12)20-11-13-14(18)8-5-9-15(13)19-20;2*1-6-2-4-7-5-3-6/h2-9,15-16,21,28H,10-14H2,1H3,(H,24,27);2-9,15-16,21H,10-14H2,1H3,(H,26,27);2-9,11,16H,10H2,1H3;6-7H,2-5H2,1H3;2-5H2,1H3. The van der Waals surface area contributed by atoms with E-state index in [1.165, 1.54) is 64.4 Å². The van der Waals surface area contributed by atoms with Crippen LogP contribution in [0.2, 0.25) is 0 Å². The van der Waals surface area contributed by atoms with E-state index in [1.54, 1.807) is 19.5 Å². The lowest BCUT2D eigenvalue weighted by Crippen LogP contribution is -2.32. The number of piperidine rings is 3. The van der Waals surface area contributed by atoms with Crippen LogP contribution in [0.15, 0.2) is 169 Å². The van der Waals surface area contributed by atoms with Crippen molar-refractivity contribution >= 4 is 77.9 Å². The van der Waals surface area contributed by atoms with E-state index in [0.717, 1.165) is 130 Å². The molecule has 13 rings (SSSR count). The second-order valence-corrected chi connectivity index (χ2v) is 25.4. The molecule has 4 fully saturated rings. The molecule has 0 bridgehead atoms. The zero-order valence-electron chi connectivity index (χ0n) is 53.3. The minimum Gasteiger partial charge on any atom is -0.480 e. The van der Waals surface area contributed by atoms with E-state index in [2.05, 4.69) is 91.2 Å². The Bertz CT molecular complexity index is 3670. The third kappa shape index (κ3) is 19.1. The third-order valence-corrected chi connectivity index (χ3v) is 18.4. The van der Waals surface area contributed by atoms with Gasteiger partial charge in [0.1, 0.15) is 6.04 Å². The zero-order chi connectivity index (χ0) is 64.1. The van der Waals surface area contributed by atoms with Crippen molar-refractivity contribution in [1.82, 2.24) is 45.0 Å². The number of carbonyl (C=O) groups excluding carboxylic acids is 2. The number of methoxy groups -OCH3 is 1. The molecular formula is C72H90BrN11O7. The first kappa shape index (κ1) is 67.5. The Labute approximate surface area is 543 Å². The van der Waals surface area contributed by atoms with E-state index in [4.69, 9.17) is 9.47 Å². The van der Waals surface area contributed by atoms with Crippen LogP contribution in [0.4, 0.5) is 11.4 Å².